The van der Waals surface area contributed by atoms with Crippen molar-refractivity contribution >= 4 is 11.5 Å². The Morgan fingerprint density at radius 2 is 1.91 bits per heavy atom. The highest BCUT2D eigenvalue weighted by atomic mass is 16.3. The number of aryl methyl sites for hydroxylation is 2. The van der Waals surface area contributed by atoms with E-state index in [-0.39, 0.29) is 6.61 Å². The van der Waals surface area contributed by atoms with Crippen LogP contribution in [0.5, 0.6) is 0 Å². The normalized spacial score (nSPS) is 14.2. The minimum Gasteiger partial charge on any atom is -0.392 e. The van der Waals surface area contributed by atoms with Crippen molar-refractivity contribution in [1.82, 2.24) is 9.38 Å². The Balaban J connectivity index is 1.85. The lowest BCUT2D eigenvalue weighted by molar-refractivity contribution is 0.281. The first-order chi connectivity index (χ1) is 10.8. The zero-order valence-electron chi connectivity index (χ0n) is 12.4. The summed E-state index contributed by atoms with van der Waals surface area (Å²) in [6, 6.07) is 10.3. The highest BCUT2D eigenvalue weighted by Gasteiger charge is 2.15. The number of hydrogen-bond acceptors (Lipinski definition) is 3. The Hall–Kier alpha value is -2.33. The highest BCUT2D eigenvalue weighted by Crippen LogP contribution is 2.30. The minimum absolute atomic E-state index is 0.00172. The molecule has 0 radical (unpaired) electrons. The monoisotopic (exact) mass is 293 g/mol. The molecule has 4 heteroatoms. The molecule has 1 aliphatic carbocycles. The van der Waals surface area contributed by atoms with Gasteiger partial charge in [-0.3, -0.25) is 4.40 Å². The Bertz CT molecular complexity index is 851. The van der Waals surface area contributed by atoms with Crippen LogP contribution >= 0.6 is 0 Å². The van der Waals surface area contributed by atoms with Crippen LogP contribution in [-0.2, 0) is 19.4 Å². The number of imidazole rings is 1. The summed E-state index contributed by atoms with van der Waals surface area (Å²) in [5.74, 6) is 0.626. The summed E-state index contributed by atoms with van der Waals surface area (Å²) in [6.07, 6.45) is 6.71. The lowest BCUT2D eigenvalue weighted by Crippen LogP contribution is -2.02. The quantitative estimate of drug-likeness (QED) is 0.763. The van der Waals surface area contributed by atoms with Crippen LogP contribution in [0.4, 0.5) is 5.82 Å². The fourth-order valence-electron chi connectivity index (χ4n) is 3.29. The molecule has 4 nitrogen and oxygen atoms in total. The summed E-state index contributed by atoms with van der Waals surface area (Å²) in [5, 5.41) is 9.27. The second-order valence-corrected chi connectivity index (χ2v) is 5.96. The number of nitrogens with two attached hydrogens (primary N) is 1. The number of nitrogen functional groups attached to an aromatic ring is 1. The fourth-order valence-corrected chi connectivity index (χ4v) is 3.29. The number of anilines is 1. The number of benzene rings is 1. The van der Waals surface area contributed by atoms with Crippen molar-refractivity contribution in [3.05, 3.63) is 53.2 Å². The van der Waals surface area contributed by atoms with Crippen molar-refractivity contribution in [2.24, 2.45) is 0 Å². The molecule has 1 aliphatic rings. The first-order valence-corrected chi connectivity index (χ1v) is 7.76. The Labute approximate surface area is 129 Å². The number of fused-ring (bicyclic) bond motifs is 2. The van der Waals surface area contributed by atoms with E-state index in [2.05, 4.69) is 23.2 Å². The maximum Gasteiger partial charge on any atom is 0.139 e. The first-order valence-electron chi connectivity index (χ1n) is 7.76. The van der Waals surface area contributed by atoms with Crippen molar-refractivity contribution in [1.29, 1.82) is 0 Å². The molecule has 2 heterocycles. The van der Waals surface area contributed by atoms with Crippen LogP contribution in [0.15, 0.2) is 36.5 Å². The second-order valence-electron chi connectivity index (χ2n) is 5.96. The predicted molar refractivity (Wildman–Crippen MR) is 87.6 cm³/mol. The molecule has 0 atom stereocenters. The summed E-state index contributed by atoms with van der Waals surface area (Å²) in [6.45, 7) is 0.00172. The summed E-state index contributed by atoms with van der Waals surface area (Å²) in [5.41, 5.74) is 12.7. The number of aromatic nitrogens is 2. The van der Waals surface area contributed by atoms with Crippen LogP contribution < -0.4 is 5.73 Å². The number of aliphatic hydroxyl groups excluding tert-OH is 1. The van der Waals surface area contributed by atoms with Crippen LogP contribution in [-0.4, -0.2) is 14.5 Å². The number of rotatable bonds is 2. The van der Waals surface area contributed by atoms with Gasteiger partial charge in [0.05, 0.1) is 6.61 Å². The Morgan fingerprint density at radius 3 is 2.73 bits per heavy atom. The minimum atomic E-state index is 0.00172. The number of hydrogen-bond donors (Lipinski definition) is 2. The van der Waals surface area contributed by atoms with Gasteiger partial charge in [0.2, 0.25) is 0 Å². The molecule has 0 amide bonds. The molecule has 2 aromatic heterocycles. The molecular weight excluding hydrogens is 274 g/mol. The Kier molecular flexibility index (Phi) is 3.12. The van der Waals surface area contributed by atoms with Gasteiger partial charge >= 0.3 is 0 Å². The van der Waals surface area contributed by atoms with Crippen molar-refractivity contribution in [3.8, 4) is 11.3 Å². The van der Waals surface area contributed by atoms with Crippen molar-refractivity contribution in [3.63, 3.8) is 0 Å². The largest absolute Gasteiger partial charge is 0.392 e. The summed E-state index contributed by atoms with van der Waals surface area (Å²) in [4.78, 5) is 4.66. The molecule has 22 heavy (non-hydrogen) atoms. The van der Waals surface area contributed by atoms with E-state index in [1.807, 2.05) is 22.7 Å². The molecule has 112 valence electrons. The van der Waals surface area contributed by atoms with Gasteiger partial charge in [-0.15, -0.1) is 0 Å². The molecule has 3 N–H and O–H groups in total. The second kappa shape index (κ2) is 5.14. The molecule has 0 spiro atoms. The zero-order valence-corrected chi connectivity index (χ0v) is 12.4. The van der Waals surface area contributed by atoms with Gasteiger partial charge in [0, 0.05) is 11.8 Å². The molecule has 0 bridgehead atoms. The van der Waals surface area contributed by atoms with Gasteiger partial charge < -0.3 is 10.8 Å². The van der Waals surface area contributed by atoms with Crippen LogP contribution in [0.25, 0.3) is 16.9 Å². The maximum atomic E-state index is 9.27. The summed E-state index contributed by atoms with van der Waals surface area (Å²) in [7, 11) is 0. The smallest absolute Gasteiger partial charge is 0.139 e. The summed E-state index contributed by atoms with van der Waals surface area (Å²) < 4.78 is 1.85. The van der Waals surface area contributed by atoms with Gasteiger partial charge in [0.15, 0.2) is 0 Å². The maximum absolute atomic E-state index is 9.27. The standard InChI is InChI=1S/C18H19N3O/c19-18-17(20-16-8-5-12(11-22)10-21(16)18)15-7-6-13-3-1-2-4-14(13)9-15/h5-10,22H,1-4,11,19H2. The third kappa shape index (κ3) is 2.07. The number of pyridine rings is 1. The third-order valence-corrected chi connectivity index (χ3v) is 4.52. The van der Waals surface area contributed by atoms with Gasteiger partial charge in [0.25, 0.3) is 0 Å². The SMILES string of the molecule is Nc1c(-c2ccc3c(c2)CCCC3)nc2ccc(CO)cn12. The third-order valence-electron chi connectivity index (χ3n) is 4.52. The first kappa shape index (κ1) is 13.3. The van der Waals surface area contributed by atoms with Crippen molar-refractivity contribution in [2.45, 2.75) is 32.3 Å². The lowest BCUT2D eigenvalue weighted by Gasteiger charge is -2.16. The van der Waals surface area contributed by atoms with Gasteiger partial charge in [-0.2, -0.15) is 0 Å². The predicted octanol–water partition coefficient (Wildman–Crippen LogP) is 2.95. The van der Waals surface area contributed by atoms with Gasteiger partial charge in [0.1, 0.15) is 17.2 Å². The zero-order chi connectivity index (χ0) is 15.1. The average Bonchev–Trinajstić information content (AvgIpc) is 2.90. The van der Waals surface area contributed by atoms with Crippen molar-refractivity contribution in [2.75, 3.05) is 5.73 Å². The molecule has 4 rings (SSSR count). The highest BCUT2D eigenvalue weighted by molar-refractivity contribution is 5.75. The van der Waals surface area contributed by atoms with E-state index in [0.29, 0.717) is 5.82 Å². The molecule has 0 saturated carbocycles. The van der Waals surface area contributed by atoms with Crippen LogP contribution in [0.2, 0.25) is 0 Å². The van der Waals surface area contributed by atoms with E-state index in [0.717, 1.165) is 28.9 Å². The fraction of sp³-hybridized carbons (Fsp3) is 0.278. The number of nitrogens with zero attached hydrogens (tertiary/aromatic N) is 2. The van der Waals surface area contributed by atoms with E-state index >= 15 is 0 Å². The van der Waals surface area contributed by atoms with E-state index < -0.39 is 0 Å². The molecule has 0 fully saturated rings. The summed E-state index contributed by atoms with van der Waals surface area (Å²) >= 11 is 0. The molecule has 3 aromatic rings. The molecule has 0 saturated heterocycles. The van der Waals surface area contributed by atoms with Gasteiger partial charge in [-0.1, -0.05) is 18.2 Å². The van der Waals surface area contributed by atoms with Gasteiger partial charge in [-0.05, 0) is 54.5 Å². The Morgan fingerprint density at radius 1 is 1.09 bits per heavy atom. The van der Waals surface area contributed by atoms with Gasteiger partial charge in [-0.25, -0.2) is 4.98 Å². The average molecular weight is 293 g/mol. The molecule has 1 aromatic carbocycles. The number of aliphatic hydroxyl groups is 1. The van der Waals surface area contributed by atoms with Crippen molar-refractivity contribution < 1.29 is 5.11 Å². The van der Waals surface area contributed by atoms with Crippen LogP contribution in [0.3, 0.4) is 0 Å². The molecular formula is C18H19N3O. The molecule has 0 aliphatic heterocycles. The molecule has 0 unspecified atom stereocenters. The lowest BCUT2D eigenvalue weighted by atomic mass is 9.90. The van der Waals surface area contributed by atoms with E-state index in [9.17, 15) is 5.11 Å². The van der Waals surface area contributed by atoms with Crippen LogP contribution in [0, 0.1) is 0 Å². The topological polar surface area (TPSA) is 63.5 Å². The van der Waals surface area contributed by atoms with E-state index in [4.69, 9.17) is 5.73 Å². The van der Waals surface area contributed by atoms with E-state index in [1.165, 1.54) is 30.4 Å². The van der Waals surface area contributed by atoms with Crippen LogP contribution in [0.1, 0.15) is 29.5 Å². The van der Waals surface area contributed by atoms with E-state index in [1.54, 1.807) is 0 Å².